The average Bonchev–Trinajstić information content (AvgIpc) is 3.48. The van der Waals surface area contributed by atoms with Crippen LogP contribution in [0.4, 0.5) is 0 Å². The zero-order chi connectivity index (χ0) is 33.1. The summed E-state index contributed by atoms with van der Waals surface area (Å²) in [5, 5.41) is 0. The highest BCUT2D eigenvalue weighted by atomic mass is 32.2. The third kappa shape index (κ3) is 4.44. The van der Waals surface area contributed by atoms with E-state index >= 15 is 0 Å². The topological polar surface area (TPSA) is 25.8 Å². The van der Waals surface area contributed by atoms with Gasteiger partial charge in [0.1, 0.15) is 0 Å². The zero-order valence-electron chi connectivity index (χ0n) is 27.1. The normalized spacial score (nSPS) is 13.3. The Balaban J connectivity index is 1.16. The molecule has 0 fully saturated rings. The molecule has 0 amide bonds. The molecule has 0 radical (unpaired) electrons. The zero-order valence-corrected chi connectivity index (χ0v) is 27.9. The molecule has 2 nitrogen and oxygen atoms in total. The minimum Gasteiger partial charge on any atom is -0.228 e. The summed E-state index contributed by atoms with van der Waals surface area (Å²) in [6, 6.07) is 65.4. The molecule has 7 aromatic carbocycles. The van der Waals surface area contributed by atoms with Gasteiger partial charge in [0.25, 0.3) is 0 Å². The molecule has 10 rings (SSSR count). The maximum atomic E-state index is 5.24. The van der Waals surface area contributed by atoms with Crippen molar-refractivity contribution in [1.82, 2.24) is 9.97 Å². The minimum absolute atomic E-state index is 0.393. The lowest BCUT2D eigenvalue weighted by molar-refractivity contribution is 0.722. The summed E-state index contributed by atoms with van der Waals surface area (Å²) in [7, 11) is 0. The van der Waals surface area contributed by atoms with Crippen LogP contribution in [0.3, 0.4) is 0 Å². The summed E-state index contributed by atoms with van der Waals surface area (Å²) in [6.45, 7) is 0. The molecule has 2 aliphatic rings. The predicted octanol–water partition coefficient (Wildman–Crippen LogP) is 12.0. The van der Waals surface area contributed by atoms with Crippen molar-refractivity contribution in [2.24, 2.45) is 0 Å². The van der Waals surface area contributed by atoms with E-state index in [1.54, 1.807) is 0 Å². The first-order chi connectivity index (χ1) is 24.8. The summed E-state index contributed by atoms with van der Waals surface area (Å²) >= 11 is 1.87. The van der Waals surface area contributed by atoms with Crippen LogP contribution < -0.4 is 0 Å². The van der Waals surface area contributed by atoms with Gasteiger partial charge < -0.3 is 0 Å². The van der Waals surface area contributed by atoms with Gasteiger partial charge in [0.2, 0.25) is 0 Å². The molecule has 0 N–H and O–H groups in total. The van der Waals surface area contributed by atoms with Gasteiger partial charge in [-0.15, -0.1) is 0 Å². The lowest BCUT2D eigenvalue weighted by Gasteiger charge is -2.39. The summed E-state index contributed by atoms with van der Waals surface area (Å²) < 4.78 is 0. The second-order valence-electron chi connectivity index (χ2n) is 12.9. The molecular weight excluding hydrogens is 625 g/mol. The molecule has 8 aromatic rings. The van der Waals surface area contributed by atoms with Crippen molar-refractivity contribution >= 4 is 11.8 Å². The molecule has 2 heterocycles. The van der Waals surface area contributed by atoms with E-state index in [0.29, 0.717) is 5.82 Å². The Morgan fingerprint density at radius 1 is 0.340 bits per heavy atom. The lowest BCUT2D eigenvalue weighted by Crippen LogP contribution is -2.31. The fourth-order valence-electron chi connectivity index (χ4n) is 7.94. The number of aromatic nitrogens is 2. The highest BCUT2D eigenvalue weighted by molar-refractivity contribution is 7.99. The van der Waals surface area contributed by atoms with E-state index in [9.17, 15) is 0 Å². The van der Waals surface area contributed by atoms with Crippen molar-refractivity contribution in [1.29, 1.82) is 0 Å². The van der Waals surface area contributed by atoms with Crippen LogP contribution in [0.1, 0.15) is 22.3 Å². The van der Waals surface area contributed by atoms with E-state index in [1.807, 2.05) is 23.9 Å². The van der Waals surface area contributed by atoms with Gasteiger partial charge in [-0.05, 0) is 68.8 Å². The molecule has 0 saturated carbocycles. The van der Waals surface area contributed by atoms with Gasteiger partial charge in [0, 0.05) is 26.5 Å². The van der Waals surface area contributed by atoms with Crippen LogP contribution in [0, 0.1) is 0 Å². The van der Waals surface area contributed by atoms with Crippen molar-refractivity contribution < 1.29 is 0 Å². The van der Waals surface area contributed by atoms with Crippen molar-refractivity contribution in [2.45, 2.75) is 15.2 Å². The Hall–Kier alpha value is -6.03. The predicted molar refractivity (Wildman–Crippen MR) is 205 cm³/mol. The van der Waals surface area contributed by atoms with Crippen molar-refractivity contribution in [3.05, 3.63) is 204 Å². The van der Waals surface area contributed by atoms with Gasteiger partial charge >= 0.3 is 0 Å². The SMILES string of the molecule is c1ccc(-c2ccc(-c3nc(-c4ccccc4)cc(-c4ccc5c(c4)-c4ccccc4C54c5ccccc5Sc5ccccc54)n3)cc2)cc1. The summed E-state index contributed by atoms with van der Waals surface area (Å²) in [5.74, 6) is 0.713. The first kappa shape index (κ1) is 28.9. The van der Waals surface area contributed by atoms with Crippen LogP contribution in [0.5, 0.6) is 0 Å². The van der Waals surface area contributed by atoms with E-state index in [0.717, 1.165) is 28.1 Å². The lowest BCUT2D eigenvalue weighted by atomic mass is 9.67. The van der Waals surface area contributed by atoms with Gasteiger partial charge in [0.05, 0.1) is 16.8 Å². The van der Waals surface area contributed by atoms with Crippen LogP contribution >= 0.6 is 11.8 Å². The van der Waals surface area contributed by atoms with Gasteiger partial charge in [0.15, 0.2) is 5.82 Å². The van der Waals surface area contributed by atoms with Crippen LogP contribution in [-0.4, -0.2) is 9.97 Å². The molecule has 50 heavy (non-hydrogen) atoms. The van der Waals surface area contributed by atoms with Gasteiger partial charge in [-0.2, -0.15) is 0 Å². The van der Waals surface area contributed by atoms with Crippen molar-refractivity contribution in [2.75, 3.05) is 0 Å². The third-order valence-electron chi connectivity index (χ3n) is 10.2. The number of fused-ring (bicyclic) bond motifs is 9. The van der Waals surface area contributed by atoms with Crippen molar-refractivity contribution in [3.63, 3.8) is 0 Å². The molecule has 0 atom stereocenters. The fourth-order valence-corrected chi connectivity index (χ4v) is 9.13. The Labute approximate surface area is 296 Å². The Morgan fingerprint density at radius 3 is 1.50 bits per heavy atom. The molecule has 0 bridgehead atoms. The largest absolute Gasteiger partial charge is 0.228 e. The average molecular weight is 655 g/mol. The first-order valence-electron chi connectivity index (χ1n) is 17.0. The molecule has 1 spiro atoms. The van der Waals surface area contributed by atoms with E-state index in [4.69, 9.17) is 9.97 Å². The third-order valence-corrected chi connectivity index (χ3v) is 11.3. The smallest absolute Gasteiger partial charge is 0.160 e. The molecule has 1 aliphatic heterocycles. The number of nitrogens with zero attached hydrogens (tertiary/aromatic N) is 2. The fraction of sp³-hybridized carbons (Fsp3) is 0.0213. The first-order valence-corrected chi connectivity index (χ1v) is 17.8. The number of hydrogen-bond acceptors (Lipinski definition) is 3. The van der Waals surface area contributed by atoms with Crippen LogP contribution in [-0.2, 0) is 5.41 Å². The molecule has 1 aromatic heterocycles. The number of rotatable bonds is 4. The maximum absolute atomic E-state index is 5.24. The molecular formula is C47H30N2S. The standard InChI is InChI=1S/C47H30N2S/c1-3-13-31(14-4-1)32-23-25-34(26-24-32)46-48-42(33-15-5-2-6-16-33)30-43(49-46)35-27-28-39-37(29-35)36-17-7-8-18-38(36)47(39)40-19-9-11-21-44(40)50-45-22-12-10-20-41(45)47/h1-30H. The summed E-state index contributed by atoms with van der Waals surface area (Å²) in [5.41, 5.74) is 14.8. The quantitative estimate of drug-likeness (QED) is 0.189. The summed E-state index contributed by atoms with van der Waals surface area (Å²) in [4.78, 5) is 13.0. The summed E-state index contributed by atoms with van der Waals surface area (Å²) in [6.07, 6.45) is 0. The minimum atomic E-state index is -0.393. The molecule has 3 heteroatoms. The second-order valence-corrected chi connectivity index (χ2v) is 14.0. The molecule has 0 saturated heterocycles. The Bertz CT molecular complexity index is 2510. The van der Waals surface area contributed by atoms with Crippen LogP contribution in [0.2, 0.25) is 0 Å². The van der Waals surface area contributed by atoms with Crippen molar-refractivity contribution in [3.8, 4) is 56.2 Å². The number of hydrogen-bond donors (Lipinski definition) is 0. The van der Waals surface area contributed by atoms with E-state index in [1.165, 1.54) is 54.3 Å². The van der Waals surface area contributed by atoms with Gasteiger partial charge in [-0.1, -0.05) is 169 Å². The maximum Gasteiger partial charge on any atom is 0.160 e. The number of benzene rings is 7. The van der Waals surface area contributed by atoms with E-state index < -0.39 is 5.41 Å². The van der Waals surface area contributed by atoms with Crippen LogP contribution in [0.15, 0.2) is 192 Å². The monoisotopic (exact) mass is 654 g/mol. The van der Waals surface area contributed by atoms with E-state index in [-0.39, 0.29) is 0 Å². The van der Waals surface area contributed by atoms with Gasteiger partial charge in [-0.25, -0.2) is 9.97 Å². The molecule has 0 unspecified atom stereocenters. The van der Waals surface area contributed by atoms with Crippen LogP contribution in [0.25, 0.3) is 56.2 Å². The Morgan fingerprint density at radius 2 is 0.820 bits per heavy atom. The second kappa shape index (κ2) is 11.5. The molecule has 1 aliphatic carbocycles. The molecule has 234 valence electrons. The highest BCUT2D eigenvalue weighted by Crippen LogP contribution is 2.62. The highest BCUT2D eigenvalue weighted by Gasteiger charge is 2.50. The van der Waals surface area contributed by atoms with E-state index in [2.05, 4.69) is 170 Å². The Kier molecular flexibility index (Phi) is 6.68. The van der Waals surface area contributed by atoms with Gasteiger partial charge in [-0.3, -0.25) is 0 Å².